The van der Waals surface area contributed by atoms with Crippen molar-refractivity contribution < 1.29 is 14.3 Å². The van der Waals surface area contributed by atoms with E-state index in [2.05, 4.69) is 45.1 Å². The van der Waals surface area contributed by atoms with Crippen molar-refractivity contribution in [3.8, 4) is 5.75 Å². The maximum Gasteiger partial charge on any atom is 0.224 e. The minimum Gasteiger partial charge on any atom is -0.494 e. The van der Waals surface area contributed by atoms with E-state index in [1.54, 1.807) is 0 Å². The Labute approximate surface area is 206 Å². The molecule has 1 aliphatic heterocycles. The normalized spacial score (nSPS) is 19.7. The van der Waals surface area contributed by atoms with Crippen LogP contribution in [0.1, 0.15) is 67.9 Å². The smallest absolute Gasteiger partial charge is 0.224 e. The van der Waals surface area contributed by atoms with Crippen molar-refractivity contribution in [1.29, 1.82) is 0 Å². The van der Waals surface area contributed by atoms with Crippen LogP contribution in [0, 0.1) is 0 Å². The van der Waals surface area contributed by atoms with Crippen LogP contribution < -0.4 is 10.1 Å². The molecule has 5 rings (SSSR count). The molecule has 0 unspecified atom stereocenters. The van der Waals surface area contributed by atoms with Crippen LogP contribution in [0.15, 0.2) is 48.5 Å². The average Bonchev–Trinajstić information content (AvgIpc) is 3.37. The Morgan fingerprint density at radius 1 is 1.00 bits per heavy atom. The van der Waals surface area contributed by atoms with Gasteiger partial charge in [0.05, 0.1) is 25.4 Å². The quantitative estimate of drug-likeness (QED) is 0.429. The summed E-state index contributed by atoms with van der Waals surface area (Å²) in [7, 11) is 0. The third-order valence-corrected chi connectivity index (χ3v) is 6.91. The number of amides is 1. The number of benzene rings is 2. The number of aromatic nitrogens is 4. The SMILES string of the molecule is O=C1CCc2cc(OCCCCc3nnnn3C3CCC(OCc4ccccc4)CC3)ccc2N1. The number of nitrogens with zero attached hydrogens (tertiary/aromatic N) is 4. The fourth-order valence-corrected chi connectivity index (χ4v) is 4.93. The van der Waals surface area contributed by atoms with Crippen LogP contribution in [-0.2, 0) is 29.0 Å². The molecule has 1 aromatic heterocycles. The van der Waals surface area contributed by atoms with E-state index in [1.165, 1.54) is 5.56 Å². The minimum absolute atomic E-state index is 0.0814. The van der Waals surface area contributed by atoms with Crippen molar-refractivity contribution in [1.82, 2.24) is 20.2 Å². The van der Waals surface area contributed by atoms with Crippen molar-refractivity contribution in [3.63, 3.8) is 0 Å². The first-order chi connectivity index (χ1) is 17.2. The molecule has 0 atom stereocenters. The first-order valence-electron chi connectivity index (χ1n) is 12.7. The van der Waals surface area contributed by atoms with Crippen molar-refractivity contribution in [2.75, 3.05) is 11.9 Å². The number of tetrazole rings is 1. The number of unbranched alkanes of at least 4 members (excludes halogenated alkanes) is 1. The Morgan fingerprint density at radius 3 is 2.71 bits per heavy atom. The Hall–Kier alpha value is -3.26. The van der Waals surface area contributed by atoms with Gasteiger partial charge in [0, 0.05) is 18.5 Å². The van der Waals surface area contributed by atoms with E-state index in [9.17, 15) is 4.79 Å². The van der Waals surface area contributed by atoms with Crippen LogP contribution >= 0.6 is 0 Å². The van der Waals surface area contributed by atoms with Crippen LogP contribution in [0.5, 0.6) is 5.75 Å². The number of carbonyl (C=O) groups excluding carboxylic acids is 1. The summed E-state index contributed by atoms with van der Waals surface area (Å²) in [6.07, 6.45) is 8.51. The van der Waals surface area contributed by atoms with Gasteiger partial charge in [-0.2, -0.15) is 0 Å². The Kier molecular flexibility index (Phi) is 7.68. The first kappa shape index (κ1) is 23.5. The lowest BCUT2D eigenvalue weighted by atomic mass is 9.93. The fraction of sp³-hybridized carbons (Fsp3) is 0.481. The maximum absolute atomic E-state index is 11.5. The molecule has 2 aliphatic rings. The van der Waals surface area contributed by atoms with E-state index >= 15 is 0 Å². The van der Waals surface area contributed by atoms with Gasteiger partial charge in [-0.25, -0.2) is 4.68 Å². The highest BCUT2D eigenvalue weighted by atomic mass is 16.5. The summed E-state index contributed by atoms with van der Waals surface area (Å²) in [5.41, 5.74) is 3.26. The standard InChI is InChI=1S/C27H33N5O3/c33-27-16-9-21-18-24(14-15-25(21)28-27)34-17-5-4-8-26-29-30-31-32(26)22-10-12-23(13-11-22)35-19-20-6-2-1-3-7-20/h1-3,6-7,14-15,18,22-23H,4-5,8-13,16-17,19H2,(H,28,33). The molecule has 0 spiro atoms. The molecule has 8 heteroatoms. The second-order valence-electron chi connectivity index (χ2n) is 9.44. The number of fused-ring (bicyclic) bond motifs is 1. The van der Waals surface area contributed by atoms with Gasteiger partial charge in [-0.05, 0) is 84.7 Å². The minimum atomic E-state index is 0.0814. The largest absolute Gasteiger partial charge is 0.494 e. The summed E-state index contributed by atoms with van der Waals surface area (Å²) in [6, 6.07) is 16.6. The highest BCUT2D eigenvalue weighted by Crippen LogP contribution is 2.31. The average molecular weight is 476 g/mol. The molecular formula is C27H33N5O3. The van der Waals surface area contributed by atoms with Crippen molar-refractivity contribution in [2.45, 2.75) is 76.5 Å². The van der Waals surface area contributed by atoms with Crippen LogP contribution in [0.4, 0.5) is 5.69 Å². The molecule has 8 nitrogen and oxygen atoms in total. The summed E-state index contributed by atoms with van der Waals surface area (Å²) < 4.78 is 14.1. The number of anilines is 1. The van der Waals surface area contributed by atoms with E-state index in [0.717, 1.165) is 74.2 Å². The number of carbonyl (C=O) groups is 1. The fourth-order valence-electron chi connectivity index (χ4n) is 4.93. The molecule has 2 heterocycles. The van der Waals surface area contributed by atoms with Crippen LogP contribution in [-0.4, -0.2) is 38.8 Å². The lowest BCUT2D eigenvalue weighted by Gasteiger charge is -2.29. The number of nitrogens with one attached hydrogen (secondary N) is 1. The van der Waals surface area contributed by atoms with Crippen LogP contribution in [0.2, 0.25) is 0 Å². The van der Waals surface area contributed by atoms with E-state index in [4.69, 9.17) is 9.47 Å². The highest BCUT2D eigenvalue weighted by Gasteiger charge is 2.25. The lowest BCUT2D eigenvalue weighted by Crippen LogP contribution is -2.25. The Morgan fingerprint density at radius 2 is 1.86 bits per heavy atom. The molecule has 1 saturated carbocycles. The van der Waals surface area contributed by atoms with E-state index in [-0.39, 0.29) is 5.91 Å². The van der Waals surface area contributed by atoms with Gasteiger partial charge in [0.25, 0.3) is 0 Å². The van der Waals surface area contributed by atoms with Crippen LogP contribution in [0.25, 0.3) is 0 Å². The number of aryl methyl sites for hydroxylation is 2. The van der Waals surface area contributed by atoms with E-state index < -0.39 is 0 Å². The molecule has 184 valence electrons. The second kappa shape index (κ2) is 11.4. The van der Waals surface area contributed by atoms with Gasteiger partial charge in [0.15, 0.2) is 5.82 Å². The lowest BCUT2D eigenvalue weighted by molar-refractivity contribution is -0.116. The molecule has 3 aromatic rings. The monoisotopic (exact) mass is 475 g/mol. The topological polar surface area (TPSA) is 91.2 Å². The van der Waals surface area contributed by atoms with Gasteiger partial charge in [-0.3, -0.25) is 4.79 Å². The predicted molar refractivity (Wildman–Crippen MR) is 132 cm³/mol. The zero-order valence-corrected chi connectivity index (χ0v) is 20.1. The van der Waals surface area contributed by atoms with E-state index in [0.29, 0.717) is 31.8 Å². The van der Waals surface area contributed by atoms with Gasteiger partial charge in [0.1, 0.15) is 5.75 Å². The number of hydrogen-bond donors (Lipinski definition) is 1. The molecule has 1 N–H and O–H groups in total. The molecule has 35 heavy (non-hydrogen) atoms. The molecule has 0 saturated heterocycles. The molecular weight excluding hydrogens is 442 g/mol. The molecule has 0 bridgehead atoms. The molecule has 1 amide bonds. The van der Waals surface area contributed by atoms with Crippen molar-refractivity contribution in [3.05, 3.63) is 65.5 Å². The highest BCUT2D eigenvalue weighted by molar-refractivity contribution is 5.93. The molecule has 1 fully saturated rings. The van der Waals surface area contributed by atoms with E-state index in [1.807, 2.05) is 28.9 Å². The third kappa shape index (κ3) is 6.25. The van der Waals surface area contributed by atoms with Gasteiger partial charge in [-0.15, -0.1) is 5.10 Å². The second-order valence-corrected chi connectivity index (χ2v) is 9.44. The van der Waals surface area contributed by atoms with Crippen molar-refractivity contribution in [2.24, 2.45) is 0 Å². The summed E-state index contributed by atoms with van der Waals surface area (Å²) in [6.45, 7) is 1.33. The van der Waals surface area contributed by atoms with Crippen molar-refractivity contribution >= 4 is 11.6 Å². The summed E-state index contributed by atoms with van der Waals surface area (Å²) >= 11 is 0. The first-order valence-corrected chi connectivity index (χ1v) is 12.7. The Bertz CT molecular complexity index is 1110. The summed E-state index contributed by atoms with van der Waals surface area (Å²) in [5.74, 6) is 1.90. The molecule has 2 aromatic carbocycles. The van der Waals surface area contributed by atoms with Crippen LogP contribution in [0.3, 0.4) is 0 Å². The zero-order chi connectivity index (χ0) is 23.9. The Balaban J connectivity index is 1.02. The van der Waals surface area contributed by atoms with Gasteiger partial charge >= 0.3 is 0 Å². The maximum atomic E-state index is 11.5. The van der Waals surface area contributed by atoms with Gasteiger partial charge in [0.2, 0.25) is 5.91 Å². The summed E-state index contributed by atoms with van der Waals surface area (Å²) in [4.78, 5) is 11.5. The molecule has 1 aliphatic carbocycles. The predicted octanol–water partition coefficient (Wildman–Crippen LogP) is 4.66. The number of hydrogen-bond acceptors (Lipinski definition) is 6. The third-order valence-electron chi connectivity index (χ3n) is 6.91. The van der Waals surface area contributed by atoms with Gasteiger partial charge in [-0.1, -0.05) is 30.3 Å². The number of ether oxygens (including phenoxy) is 2. The van der Waals surface area contributed by atoms with Gasteiger partial charge < -0.3 is 14.8 Å². The zero-order valence-electron chi connectivity index (χ0n) is 20.1. The summed E-state index contributed by atoms with van der Waals surface area (Å²) in [5, 5.41) is 15.5. The number of rotatable bonds is 10. The molecule has 0 radical (unpaired) electrons.